The minimum absolute atomic E-state index is 0.151. The molecule has 222 valence electrons. The predicted octanol–water partition coefficient (Wildman–Crippen LogP) is 6.71. The monoisotopic (exact) mass is 610 g/mol. The molecule has 0 unspecified atom stereocenters. The fraction of sp³-hybridized carbons (Fsp3) is 0.333. The molecule has 1 fully saturated rings. The zero-order valence-electron chi connectivity index (χ0n) is 23.9. The molecular weight excluding hydrogens is 575 g/mol. The van der Waals surface area contributed by atoms with Crippen LogP contribution in [0.1, 0.15) is 41.5 Å². The van der Waals surface area contributed by atoms with Crippen molar-refractivity contribution >= 4 is 41.2 Å². The molecule has 3 aromatic rings. The number of benzene rings is 3. The van der Waals surface area contributed by atoms with Gasteiger partial charge in [-0.1, -0.05) is 59.6 Å². The van der Waals surface area contributed by atoms with Gasteiger partial charge in [-0.2, -0.15) is 0 Å². The summed E-state index contributed by atoms with van der Waals surface area (Å²) in [7, 11) is 0. The van der Waals surface area contributed by atoms with Crippen LogP contribution in [0, 0.1) is 13.8 Å². The molecule has 0 saturated heterocycles. The molecule has 0 radical (unpaired) electrons. The van der Waals surface area contributed by atoms with Crippen LogP contribution >= 0.6 is 23.2 Å². The van der Waals surface area contributed by atoms with Crippen molar-refractivity contribution < 1.29 is 24.2 Å². The molecule has 7 nitrogen and oxygen atoms in total. The maximum atomic E-state index is 13.9. The number of carbonyl (C=O) groups is 2. The molecule has 1 saturated carbocycles. The second-order valence-corrected chi connectivity index (χ2v) is 11.1. The first-order chi connectivity index (χ1) is 20.3. The van der Waals surface area contributed by atoms with Crippen molar-refractivity contribution in [1.82, 2.24) is 10.2 Å². The van der Waals surface area contributed by atoms with Gasteiger partial charge in [-0.05, 0) is 91.7 Å². The summed E-state index contributed by atoms with van der Waals surface area (Å²) in [6.07, 6.45) is 2.97. The van der Waals surface area contributed by atoms with Gasteiger partial charge in [0.05, 0.1) is 5.02 Å². The van der Waals surface area contributed by atoms with Crippen molar-refractivity contribution in [3.05, 3.63) is 98.5 Å². The first-order valence-corrected chi connectivity index (χ1v) is 14.8. The Hall–Kier alpha value is -3.52. The molecule has 1 aliphatic heterocycles. The second kappa shape index (κ2) is 15.1. The van der Waals surface area contributed by atoms with E-state index in [-0.39, 0.29) is 12.4 Å². The number of ether oxygens (including phenoxy) is 2. The molecule has 1 heterocycles. The minimum atomic E-state index is -0.250. The van der Waals surface area contributed by atoms with Crippen LogP contribution in [-0.2, 0) is 16.1 Å². The van der Waals surface area contributed by atoms with E-state index in [4.69, 9.17) is 42.6 Å². The third-order valence-corrected chi connectivity index (χ3v) is 8.31. The van der Waals surface area contributed by atoms with Crippen LogP contribution in [0.5, 0.6) is 11.5 Å². The molecule has 42 heavy (non-hydrogen) atoms. The van der Waals surface area contributed by atoms with E-state index in [0.717, 1.165) is 48.3 Å². The summed E-state index contributed by atoms with van der Waals surface area (Å²) in [4.78, 5) is 24.4. The zero-order valence-corrected chi connectivity index (χ0v) is 25.4. The highest BCUT2D eigenvalue weighted by Crippen LogP contribution is 2.34. The van der Waals surface area contributed by atoms with E-state index in [1.165, 1.54) is 16.7 Å². The van der Waals surface area contributed by atoms with Gasteiger partial charge in [-0.3, -0.25) is 9.59 Å². The maximum Gasteiger partial charge on any atom is 0.290 e. The number of carboxylic acid groups (broad SMARTS) is 1. The maximum absolute atomic E-state index is 13.9. The lowest BCUT2D eigenvalue weighted by Gasteiger charge is -2.29. The normalized spacial score (nSPS) is 14.5. The van der Waals surface area contributed by atoms with Crippen LogP contribution < -0.4 is 14.8 Å². The Morgan fingerprint density at radius 2 is 1.71 bits per heavy atom. The fourth-order valence-electron chi connectivity index (χ4n) is 4.96. The first kappa shape index (κ1) is 31.4. The van der Waals surface area contributed by atoms with Crippen LogP contribution in [-0.4, -0.2) is 54.7 Å². The Bertz CT molecular complexity index is 1420. The molecule has 1 amide bonds. The van der Waals surface area contributed by atoms with E-state index in [1.54, 1.807) is 18.2 Å². The van der Waals surface area contributed by atoms with Gasteiger partial charge in [0.15, 0.2) is 0 Å². The standard InChI is InChI=1S/C32H34Cl2N2O3.CH2O2/c1-21-5-3-6-24(22(21)2)20-36(25-11-12-25)32(37)28-19-35-16-15-27(28)23-9-13-26(14-10-23)38-17-18-39-30-8-4-7-29(33)31(30)34;2-1-3/h3-10,13-14,25,35H,11-12,15-20H2,1-2H3;1H,(H,2,3). The number of amides is 1. The summed E-state index contributed by atoms with van der Waals surface area (Å²) in [6, 6.07) is 20.0. The van der Waals surface area contributed by atoms with Crippen molar-refractivity contribution in [1.29, 1.82) is 0 Å². The van der Waals surface area contributed by atoms with Crippen LogP contribution in [0.4, 0.5) is 0 Å². The van der Waals surface area contributed by atoms with E-state index in [2.05, 4.69) is 42.3 Å². The molecular formula is C33H36Cl2N2O5. The van der Waals surface area contributed by atoms with Gasteiger partial charge in [0.25, 0.3) is 12.4 Å². The summed E-state index contributed by atoms with van der Waals surface area (Å²) in [5.74, 6) is 1.44. The van der Waals surface area contributed by atoms with Crippen molar-refractivity contribution in [2.45, 2.75) is 45.7 Å². The Kier molecular flexibility index (Phi) is 11.3. The van der Waals surface area contributed by atoms with E-state index in [9.17, 15) is 4.79 Å². The average molecular weight is 612 g/mol. The summed E-state index contributed by atoms with van der Waals surface area (Å²) >= 11 is 12.2. The van der Waals surface area contributed by atoms with Crippen molar-refractivity contribution in [2.75, 3.05) is 26.3 Å². The summed E-state index contributed by atoms with van der Waals surface area (Å²) in [6.45, 7) is 6.84. The third kappa shape index (κ3) is 8.06. The quantitative estimate of drug-likeness (QED) is 0.196. The van der Waals surface area contributed by atoms with Crippen LogP contribution in [0.25, 0.3) is 5.57 Å². The predicted molar refractivity (Wildman–Crippen MR) is 166 cm³/mol. The molecule has 0 aromatic heterocycles. The van der Waals surface area contributed by atoms with Crippen molar-refractivity contribution in [3.8, 4) is 11.5 Å². The topological polar surface area (TPSA) is 88.1 Å². The lowest BCUT2D eigenvalue weighted by molar-refractivity contribution is -0.128. The molecule has 2 N–H and O–H groups in total. The smallest absolute Gasteiger partial charge is 0.290 e. The van der Waals surface area contributed by atoms with Gasteiger partial charge in [0.1, 0.15) is 29.7 Å². The van der Waals surface area contributed by atoms with Gasteiger partial charge in [-0.25, -0.2) is 0 Å². The summed E-state index contributed by atoms with van der Waals surface area (Å²) in [5, 5.41) is 11.2. The third-order valence-electron chi connectivity index (χ3n) is 7.51. The minimum Gasteiger partial charge on any atom is -0.490 e. The number of rotatable bonds is 10. The van der Waals surface area contributed by atoms with E-state index < -0.39 is 0 Å². The molecule has 9 heteroatoms. The van der Waals surface area contributed by atoms with Crippen LogP contribution in [0.15, 0.2) is 66.2 Å². The Morgan fingerprint density at radius 1 is 1.02 bits per heavy atom. The van der Waals surface area contributed by atoms with Gasteiger partial charge in [0, 0.05) is 24.7 Å². The number of hydrogen-bond donors (Lipinski definition) is 2. The van der Waals surface area contributed by atoms with Gasteiger partial charge >= 0.3 is 0 Å². The first-order valence-electron chi connectivity index (χ1n) is 14.0. The average Bonchev–Trinajstić information content (AvgIpc) is 3.84. The van der Waals surface area contributed by atoms with E-state index >= 15 is 0 Å². The molecule has 0 atom stereocenters. The lowest BCUT2D eigenvalue weighted by Crippen LogP contribution is -2.39. The molecule has 1 aliphatic carbocycles. The van der Waals surface area contributed by atoms with Crippen LogP contribution in [0.3, 0.4) is 0 Å². The molecule has 3 aromatic carbocycles. The highest BCUT2D eigenvalue weighted by Gasteiger charge is 2.35. The van der Waals surface area contributed by atoms with Gasteiger partial charge in [0.2, 0.25) is 0 Å². The highest BCUT2D eigenvalue weighted by atomic mass is 35.5. The Balaban J connectivity index is 0.00000129. The van der Waals surface area contributed by atoms with Crippen molar-refractivity contribution in [2.24, 2.45) is 0 Å². The van der Waals surface area contributed by atoms with Crippen LogP contribution in [0.2, 0.25) is 10.0 Å². The van der Waals surface area contributed by atoms with E-state index in [1.807, 2.05) is 24.3 Å². The molecule has 0 bridgehead atoms. The summed E-state index contributed by atoms with van der Waals surface area (Å²) in [5.41, 5.74) is 6.82. The Labute approximate surface area is 257 Å². The number of nitrogens with one attached hydrogen (secondary N) is 1. The largest absolute Gasteiger partial charge is 0.490 e. The van der Waals surface area contributed by atoms with Gasteiger partial charge < -0.3 is 24.8 Å². The Morgan fingerprint density at radius 3 is 2.43 bits per heavy atom. The van der Waals surface area contributed by atoms with Crippen molar-refractivity contribution in [3.63, 3.8) is 0 Å². The van der Waals surface area contributed by atoms with E-state index in [0.29, 0.717) is 48.1 Å². The van der Waals surface area contributed by atoms with Gasteiger partial charge in [-0.15, -0.1) is 0 Å². The fourth-order valence-corrected chi connectivity index (χ4v) is 5.31. The number of aryl methyl sites for hydroxylation is 1. The molecule has 0 spiro atoms. The number of hydrogen-bond acceptors (Lipinski definition) is 5. The lowest BCUT2D eigenvalue weighted by atomic mass is 9.93. The number of nitrogens with zero attached hydrogens (tertiary/aromatic N) is 1. The molecule has 5 rings (SSSR count). The SMILES string of the molecule is Cc1cccc(CN(C(=O)C2=C(c3ccc(OCCOc4cccc(Cl)c4Cl)cc3)CCNC2)C2CC2)c1C.O=CO. The number of carbonyl (C=O) groups excluding carboxylic acids is 1. The molecule has 2 aliphatic rings. The summed E-state index contributed by atoms with van der Waals surface area (Å²) < 4.78 is 11.6. The highest BCUT2D eigenvalue weighted by molar-refractivity contribution is 6.42. The second-order valence-electron chi connectivity index (χ2n) is 10.3. The number of halogens is 2. The zero-order chi connectivity index (χ0) is 30.1.